The number of carboxylic acids is 2. The van der Waals surface area contributed by atoms with Gasteiger partial charge in [0.15, 0.2) is 11.4 Å². The van der Waals surface area contributed by atoms with Crippen LogP contribution in [0, 0.1) is 0 Å². The first-order valence-corrected chi connectivity index (χ1v) is 5.18. The standard InChI is InChI=1S/2C6H5NO3.O.V/c2*8-4-2-1-3-7-5(4)6(9)10;;/h2*1-3,8H,(H,9,10);;/q;;-2;. The van der Waals surface area contributed by atoms with Crippen LogP contribution in [-0.2, 0) is 24.0 Å². The Morgan fingerprint density at radius 2 is 1.14 bits per heavy atom. The smallest absolute Gasteiger partial charge is 0.358 e. The Labute approximate surface area is 136 Å². The van der Waals surface area contributed by atoms with E-state index in [-0.39, 0.29) is 46.9 Å². The van der Waals surface area contributed by atoms with Gasteiger partial charge in [0.25, 0.3) is 0 Å². The van der Waals surface area contributed by atoms with E-state index >= 15 is 0 Å². The molecule has 0 amide bonds. The molecule has 4 N–H and O–H groups in total. The number of aromatic nitrogens is 2. The molecule has 9 nitrogen and oxygen atoms in total. The van der Waals surface area contributed by atoms with Gasteiger partial charge in [0.05, 0.1) is 0 Å². The first-order valence-electron chi connectivity index (χ1n) is 5.18. The number of carboxylic acid groups (broad SMARTS) is 2. The maximum atomic E-state index is 10.2. The number of rotatable bonds is 2. The molecule has 117 valence electrons. The van der Waals surface area contributed by atoms with Gasteiger partial charge < -0.3 is 25.9 Å². The normalized spacial score (nSPS) is 8.36. The molecule has 22 heavy (non-hydrogen) atoms. The molecular formula is C12H10N2O7V-2. The van der Waals surface area contributed by atoms with Crippen molar-refractivity contribution in [3.63, 3.8) is 0 Å². The minimum atomic E-state index is -1.22. The fourth-order valence-corrected chi connectivity index (χ4v) is 1.12. The molecule has 1 radical (unpaired) electrons. The van der Waals surface area contributed by atoms with E-state index in [2.05, 4.69) is 9.97 Å². The molecule has 0 unspecified atom stereocenters. The summed E-state index contributed by atoms with van der Waals surface area (Å²) in [5.74, 6) is -3.07. The van der Waals surface area contributed by atoms with E-state index in [1.165, 1.54) is 36.7 Å². The molecule has 0 spiro atoms. The van der Waals surface area contributed by atoms with E-state index in [1.807, 2.05) is 0 Å². The second kappa shape index (κ2) is 10.2. The maximum Gasteiger partial charge on any atom is 0.358 e. The molecular weight excluding hydrogens is 335 g/mol. The van der Waals surface area contributed by atoms with Gasteiger partial charge in [-0.1, -0.05) is 0 Å². The second-order valence-corrected chi connectivity index (χ2v) is 3.35. The summed E-state index contributed by atoms with van der Waals surface area (Å²) in [7, 11) is 0. The van der Waals surface area contributed by atoms with Crippen molar-refractivity contribution >= 4 is 11.9 Å². The van der Waals surface area contributed by atoms with Crippen LogP contribution in [-0.4, -0.2) is 42.3 Å². The molecule has 0 saturated heterocycles. The van der Waals surface area contributed by atoms with Gasteiger partial charge in [-0.05, 0) is 24.3 Å². The predicted molar refractivity (Wildman–Crippen MR) is 66.4 cm³/mol. The van der Waals surface area contributed by atoms with E-state index in [0.717, 1.165) is 0 Å². The molecule has 0 aliphatic carbocycles. The van der Waals surface area contributed by atoms with Crippen molar-refractivity contribution in [2.24, 2.45) is 0 Å². The van der Waals surface area contributed by atoms with Gasteiger partial charge in [0.1, 0.15) is 11.5 Å². The van der Waals surface area contributed by atoms with Crippen molar-refractivity contribution in [1.29, 1.82) is 0 Å². The van der Waals surface area contributed by atoms with Crippen LogP contribution in [0.2, 0.25) is 0 Å². The summed E-state index contributed by atoms with van der Waals surface area (Å²) in [6.45, 7) is 0. The number of carbonyl (C=O) groups is 2. The van der Waals surface area contributed by atoms with Crippen LogP contribution in [0.1, 0.15) is 21.0 Å². The number of nitrogens with zero attached hydrogens (tertiary/aromatic N) is 2. The van der Waals surface area contributed by atoms with E-state index in [9.17, 15) is 9.59 Å². The van der Waals surface area contributed by atoms with Crippen LogP contribution >= 0.6 is 0 Å². The third-order valence-corrected chi connectivity index (χ3v) is 1.98. The van der Waals surface area contributed by atoms with Crippen molar-refractivity contribution in [2.45, 2.75) is 0 Å². The third-order valence-electron chi connectivity index (χ3n) is 1.98. The monoisotopic (exact) mass is 345 g/mol. The van der Waals surface area contributed by atoms with E-state index < -0.39 is 11.9 Å². The Morgan fingerprint density at radius 3 is 1.32 bits per heavy atom. The number of pyridine rings is 2. The van der Waals surface area contributed by atoms with Crippen LogP contribution < -0.4 is 0 Å². The fourth-order valence-electron chi connectivity index (χ4n) is 1.12. The van der Waals surface area contributed by atoms with E-state index in [1.54, 1.807) is 0 Å². The first kappa shape index (κ1) is 21.7. The topological polar surface area (TPSA) is 169 Å². The molecule has 2 rings (SSSR count). The third kappa shape index (κ3) is 6.22. The zero-order valence-corrected chi connectivity index (χ0v) is 12.2. The molecule has 0 saturated carbocycles. The molecule has 10 heteroatoms. The van der Waals surface area contributed by atoms with Crippen molar-refractivity contribution in [3.05, 3.63) is 48.0 Å². The molecule has 2 aromatic rings. The van der Waals surface area contributed by atoms with Gasteiger partial charge in [-0.3, -0.25) is 0 Å². The van der Waals surface area contributed by atoms with Gasteiger partial charge in [-0.2, -0.15) is 0 Å². The molecule has 0 aliphatic heterocycles. The Morgan fingerprint density at radius 1 is 0.818 bits per heavy atom. The summed E-state index contributed by atoms with van der Waals surface area (Å²) >= 11 is 0. The van der Waals surface area contributed by atoms with Crippen molar-refractivity contribution in [3.8, 4) is 11.5 Å². The number of hydrogen-bond acceptors (Lipinski definition) is 6. The Balaban J connectivity index is 0. The van der Waals surface area contributed by atoms with Crippen molar-refractivity contribution in [2.75, 3.05) is 0 Å². The minimum Gasteiger partial charge on any atom is -2.00 e. The summed E-state index contributed by atoms with van der Waals surface area (Å²) in [4.78, 5) is 27.3. The Hall–Kier alpha value is -2.62. The van der Waals surface area contributed by atoms with Crippen molar-refractivity contribution < 1.29 is 54.0 Å². The summed E-state index contributed by atoms with van der Waals surface area (Å²) in [6.07, 6.45) is 2.62. The van der Waals surface area contributed by atoms with Crippen LogP contribution in [0.4, 0.5) is 0 Å². The zero-order chi connectivity index (χ0) is 15.1. The molecule has 0 fully saturated rings. The predicted octanol–water partition coefficient (Wildman–Crippen LogP) is 0.849. The number of hydrogen-bond donors (Lipinski definition) is 4. The quantitative estimate of drug-likeness (QED) is 0.620. The Bertz CT molecular complexity index is 581. The van der Waals surface area contributed by atoms with Crippen LogP contribution in [0.15, 0.2) is 36.7 Å². The SMILES string of the molecule is O=C(O)c1ncccc1O.O=C(O)c1ncccc1O.[O-2].[V]. The number of aromatic carboxylic acids is 2. The van der Waals surface area contributed by atoms with Gasteiger partial charge in [-0.15, -0.1) is 0 Å². The van der Waals surface area contributed by atoms with E-state index in [4.69, 9.17) is 20.4 Å². The first-order chi connectivity index (χ1) is 9.43. The number of aromatic hydroxyl groups is 2. The van der Waals surface area contributed by atoms with Gasteiger partial charge in [-0.25, -0.2) is 19.6 Å². The molecule has 2 aromatic heterocycles. The average molecular weight is 345 g/mol. The largest absolute Gasteiger partial charge is 2.00 e. The summed E-state index contributed by atoms with van der Waals surface area (Å²) in [6, 6.07) is 5.47. The molecule has 0 aromatic carbocycles. The average Bonchev–Trinajstić information content (AvgIpc) is 2.40. The van der Waals surface area contributed by atoms with Gasteiger partial charge in [0.2, 0.25) is 0 Å². The van der Waals surface area contributed by atoms with Crippen LogP contribution in [0.25, 0.3) is 0 Å². The fraction of sp³-hybridized carbons (Fsp3) is 0. The molecule has 2 heterocycles. The summed E-state index contributed by atoms with van der Waals surface area (Å²) in [5.41, 5.74) is -0.634. The second-order valence-electron chi connectivity index (χ2n) is 3.35. The summed E-state index contributed by atoms with van der Waals surface area (Å²) in [5, 5.41) is 34.4. The molecule has 0 atom stereocenters. The van der Waals surface area contributed by atoms with E-state index in [0.29, 0.717) is 0 Å². The molecule has 0 aliphatic rings. The van der Waals surface area contributed by atoms with Crippen molar-refractivity contribution in [1.82, 2.24) is 9.97 Å². The maximum absolute atomic E-state index is 10.2. The van der Waals surface area contributed by atoms with Crippen LogP contribution in [0.3, 0.4) is 0 Å². The van der Waals surface area contributed by atoms with Gasteiger partial charge in [0, 0.05) is 30.9 Å². The zero-order valence-electron chi connectivity index (χ0n) is 10.8. The summed E-state index contributed by atoms with van der Waals surface area (Å²) < 4.78 is 0. The van der Waals surface area contributed by atoms with Gasteiger partial charge >= 0.3 is 11.9 Å². The minimum absolute atomic E-state index is 0. The van der Waals surface area contributed by atoms with Crippen LogP contribution in [0.5, 0.6) is 11.5 Å². The Kier molecular flexibility index (Phi) is 10.0. The molecule has 0 bridgehead atoms.